The molecule has 1 aromatic heterocycles. The summed E-state index contributed by atoms with van der Waals surface area (Å²) < 4.78 is 7.72. The van der Waals surface area contributed by atoms with Crippen LogP contribution in [0.5, 0.6) is 0 Å². The minimum atomic E-state index is 0.279. The van der Waals surface area contributed by atoms with Crippen LogP contribution in [0.15, 0.2) is 0 Å². The first kappa shape index (κ1) is 14.9. The van der Waals surface area contributed by atoms with Crippen LogP contribution in [0.3, 0.4) is 0 Å². The molecule has 0 aliphatic carbocycles. The Hall–Kier alpha value is -1.01. The highest BCUT2D eigenvalue weighted by molar-refractivity contribution is 4.96. The molecule has 2 fully saturated rings. The van der Waals surface area contributed by atoms with Gasteiger partial charge in [-0.15, -0.1) is 5.10 Å². The van der Waals surface area contributed by atoms with Crippen LogP contribution in [0.2, 0.25) is 0 Å². The Labute approximate surface area is 126 Å². The lowest BCUT2D eigenvalue weighted by atomic mass is 9.98. The fourth-order valence-electron chi connectivity index (χ4n) is 3.61. The van der Waals surface area contributed by atoms with Crippen LogP contribution >= 0.6 is 0 Å². The highest BCUT2D eigenvalue weighted by atomic mass is 16.5. The quantitative estimate of drug-likeness (QED) is 0.831. The summed E-state index contributed by atoms with van der Waals surface area (Å²) in [6.45, 7) is 8.53. The average molecular weight is 293 g/mol. The van der Waals surface area contributed by atoms with Gasteiger partial charge in [0, 0.05) is 6.61 Å². The summed E-state index contributed by atoms with van der Waals surface area (Å²) >= 11 is 0. The van der Waals surface area contributed by atoms with E-state index >= 15 is 0 Å². The summed E-state index contributed by atoms with van der Waals surface area (Å²) in [4.78, 5) is 2.56. The van der Waals surface area contributed by atoms with Crippen LogP contribution in [0.25, 0.3) is 0 Å². The number of aromatic nitrogens is 4. The number of tetrazole rings is 1. The van der Waals surface area contributed by atoms with E-state index in [9.17, 15) is 0 Å². The third-order valence-corrected chi connectivity index (χ3v) is 4.64. The summed E-state index contributed by atoms with van der Waals surface area (Å²) in [5, 5.41) is 12.5. The zero-order valence-electron chi connectivity index (χ0n) is 13.2. The van der Waals surface area contributed by atoms with Gasteiger partial charge in [0.05, 0.1) is 18.7 Å². The van der Waals surface area contributed by atoms with E-state index < -0.39 is 0 Å². The zero-order chi connectivity index (χ0) is 14.7. The molecular weight excluding hydrogens is 266 g/mol. The maximum Gasteiger partial charge on any atom is 0.168 e. The monoisotopic (exact) mass is 293 g/mol. The third kappa shape index (κ3) is 3.43. The normalized spacial score (nSPS) is 25.6. The van der Waals surface area contributed by atoms with E-state index in [0.29, 0.717) is 12.0 Å². The molecule has 0 bridgehead atoms. The number of rotatable bonds is 5. The van der Waals surface area contributed by atoms with E-state index in [1.807, 2.05) is 4.68 Å². The van der Waals surface area contributed by atoms with Gasteiger partial charge in [-0.3, -0.25) is 4.90 Å². The smallest absolute Gasteiger partial charge is 0.168 e. The Balaban J connectivity index is 1.77. The molecule has 2 aliphatic heterocycles. The number of nitrogens with zero attached hydrogens (tertiary/aromatic N) is 5. The molecule has 6 nitrogen and oxygen atoms in total. The van der Waals surface area contributed by atoms with Crippen LogP contribution in [-0.4, -0.2) is 50.9 Å². The van der Waals surface area contributed by atoms with Crippen molar-refractivity contribution in [2.75, 3.05) is 19.7 Å². The van der Waals surface area contributed by atoms with Crippen LogP contribution < -0.4 is 0 Å². The van der Waals surface area contributed by atoms with Crippen molar-refractivity contribution in [3.8, 4) is 0 Å². The molecule has 0 amide bonds. The van der Waals surface area contributed by atoms with E-state index in [2.05, 4.69) is 34.3 Å². The minimum Gasteiger partial charge on any atom is -0.376 e. The Bertz CT molecular complexity index is 435. The van der Waals surface area contributed by atoms with Crippen LogP contribution in [0.1, 0.15) is 57.8 Å². The summed E-state index contributed by atoms with van der Waals surface area (Å²) in [5.74, 6) is 1.53. The average Bonchev–Trinajstić information content (AvgIpc) is 3.13. The number of hydrogen-bond donors (Lipinski definition) is 0. The molecular formula is C15H27N5O. The van der Waals surface area contributed by atoms with Gasteiger partial charge in [0.1, 0.15) is 0 Å². The molecule has 0 spiro atoms. The van der Waals surface area contributed by atoms with Gasteiger partial charge >= 0.3 is 0 Å². The molecule has 3 heterocycles. The van der Waals surface area contributed by atoms with Gasteiger partial charge in [-0.1, -0.05) is 20.3 Å². The molecule has 2 atom stereocenters. The van der Waals surface area contributed by atoms with Crippen molar-refractivity contribution in [2.24, 2.45) is 5.92 Å². The Morgan fingerprint density at radius 1 is 1.19 bits per heavy atom. The van der Waals surface area contributed by atoms with Crippen molar-refractivity contribution in [1.29, 1.82) is 0 Å². The lowest BCUT2D eigenvalue weighted by molar-refractivity contribution is 0.0843. The molecule has 6 heteroatoms. The summed E-state index contributed by atoms with van der Waals surface area (Å²) in [6, 6.07) is 0.321. The fourth-order valence-corrected chi connectivity index (χ4v) is 3.61. The molecule has 2 saturated heterocycles. The number of hydrogen-bond acceptors (Lipinski definition) is 5. The van der Waals surface area contributed by atoms with Gasteiger partial charge in [0.25, 0.3) is 0 Å². The molecule has 0 unspecified atom stereocenters. The molecule has 2 aliphatic rings. The molecule has 3 rings (SSSR count). The summed E-state index contributed by atoms with van der Waals surface area (Å²) in [7, 11) is 0. The lowest BCUT2D eigenvalue weighted by Crippen LogP contribution is -2.38. The van der Waals surface area contributed by atoms with Crippen LogP contribution in [0, 0.1) is 5.92 Å². The van der Waals surface area contributed by atoms with Crippen molar-refractivity contribution < 1.29 is 4.74 Å². The molecule has 118 valence electrons. The first-order valence-electron chi connectivity index (χ1n) is 8.37. The largest absolute Gasteiger partial charge is 0.376 e. The highest BCUT2D eigenvalue weighted by Crippen LogP contribution is 2.29. The fraction of sp³-hybridized carbons (Fsp3) is 0.933. The highest BCUT2D eigenvalue weighted by Gasteiger charge is 2.30. The Morgan fingerprint density at radius 3 is 2.67 bits per heavy atom. The first-order valence-corrected chi connectivity index (χ1v) is 8.37. The second kappa shape index (κ2) is 6.83. The molecule has 0 saturated carbocycles. The molecule has 21 heavy (non-hydrogen) atoms. The number of likely N-dealkylation sites (tertiary alicyclic amines) is 1. The van der Waals surface area contributed by atoms with E-state index in [1.54, 1.807) is 0 Å². The van der Waals surface area contributed by atoms with Gasteiger partial charge in [0.15, 0.2) is 5.82 Å². The van der Waals surface area contributed by atoms with Gasteiger partial charge in [-0.2, -0.15) is 0 Å². The van der Waals surface area contributed by atoms with Crippen molar-refractivity contribution in [3.63, 3.8) is 0 Å². The molecule has 0 radical (unpaired) electrons. The maximum atomic E-state index is 5.74. The Kier molecular flexibility index (Phi) is 4.85. The maximum absolute atomic E-state index is 5.74. The van der Waals surface area contributed by atoms with Crippen LogP contribution in [-0.2, 0) is 11.3 Å². The van der Waals surface area contributed by atoms with E-state index in [1.165, 1.54) is 19.3 Å². The topological polar surface area (TPSA) is 56.1 Å². The molecule has 0 aromatic carbocycles. The molecule has 1 aromatic rings. The second-order valence-electron chi connectivity index (χ2n) is 6.64. The van der Waals surface area contributed by atoms with Crippen molar-refractivity contribution in [3.05, 3.63) is 5.82 Å². The standard InChI is InChI=1S/C15H27N5O/c1-12(2)14(19-8-4-3-5-9-19)15-16-17-18-20(15)11-13-7-6-10-21-13/h12-14H,3-11H2,1-2H3/t13-,14-/m0/s1. The lowest BCUT2D eigenvalue weighted by Gasteiger charge is -2.36. The van der Waals surface area contributed by atoms with Gasteiger partial charge < -0.3 is 4.74 Å². The SMILES string of the molecule is CC(C)[C@@H](c1nnnn1C[C@@H]1CCCO1)N1CCCCC1. The van der Waals surface area contributed by atoms with Crippen LogP contribution in [0.4, 0.5) is 0 Å². The minimum absolute atomic E-state index is 0.279. The van der Waals surface area contributed by atoms with Gasteiger partial charge in [-0.05, 0) is 55.1 Å². The molecule has 0 N–H and O–H groups in total. The third-order valence-electron chi connectivity index (χ3n) is 4.64. The van der Waals surface area contributed by atoms with Crippen molar-refractivity contribution in [1.82, 2.24) is 25.1 Å². The Morgan fingerprint density at radius 2 is 2.00 bits per heavy atom. The predicted molar refractivity (Wildman–Crippen MR) is 79.8 cm³/mol. The van der Waals surface area contributed by atoms with E-state index in [-0.39, 0.29) is 6.10 Å². The number of piperidine rings is 1. The summed E-state index contributed by atoms with van der Waals surface area (Å²) in [6.07, 6.45) is 6.48. The zero-order valence-corrected chi connectivity index (χ0v) is 13.2. The van der Waals surface area contributed by atoms with E-state index in [0.717, 1.165) is 44.9 Å². The summed E-state index contributed by atoms with van der Waals surface area (Å²) in [5.41, 5.74) is 0. The van der Waals surface area contributed by atoms with Gasteiger partial charge in [0.2, 0.25) is 0 Å². The van der Waals surface area contributed by atoms with Crippen molar-refractivity contribution in [2.45, 2.75) is 64.6 Å². The number of ether oxygens (including phenoxy) is 1. The van der Waals surface area contributed by atoms with Gasteiger partial charge in [-0.25, -0.2) is 4.68 Å². The first-order chi connectivity index (χ1) is 10.3. The second-order valence-corrected chi connectivity index (χ2v) is 6.64. The van der Waals surface area contributed by atoms with Crippen molar-refractivity contribution >= 4 is 0 Å². The predicted octanol–water partition coefficient (Wildman–Crippen LogP) is 2.04. The van der Waals surface area contributed by atoms with E-state index in [4.69, 9.17) is 4.74 Å².